The molecule has 102 valence electrons. The fraction of sp³-hybridized carbons (Fsp3) is 0.455. The summed E-state index contributed by atoms with van der Waals surface area (Å²) >= 11 is 0. The Kier molecular flexibility index (Phi) is 2.46. The first kappa shape index (κ1) is 12.2. The SMILES string of the molecule is COC1(C(F)(F)F)CN(c2ccn3nccc3n2)C1. The summed E-state index contributed by atoms with van der Waals surface area (Å²) in [4.78, 5) is 5.77. The van der Waals surface area contributed by atoms with Crippen LogP contribution < -0.4 is 4.90 Å². The number of nitrogens with zero attached hydrogens (tertiary/aromatic N) is 4. The Morgan fingerprint density at radius 3 is 2.68 bits per heavy atom. The molecule has 5 nitrogen and oxygen atoms in total. The van der Waals surface area contributed by atoms with Gasteiger partial charge in [-0.25, -0.2) is 9.50 Å². The predicted octanol–water partition coefficient (Wildman–Crippen LogP) is 1.50. The third-order valence-corrected chi connectivity index (χ3v) is 3.37. The lowest BCUT2D eigenvalue weighted by atomic mass is 9.93. The molecule has 0 aromatic carbocycles. The van der Waals surface area contributed by atoms with Gasteiger partial charge in [0, 0.05) is 19.4 Å². The average Bonchev–Trinajstić information content (AvgIpc) is 2.73. The van der Waals surface area contributed by atoms with E-state index in [0.29, 0.717) is 11.5 Å². The molecule has 3 heterocycles. The van der Waals surface area contributed by atoms with Gasteiger partial charge in [-0.3, -0.25) is 0 Å². The van der Waals surface area contributed by atoms with Crippen molar-refractivity contribution in [3.05, 3.63) is 24.5 Å². The fourth-order valence-electron chi connectivity index (χ4n) is 2.14. The van der Waals surface area contributed by atoms with Crippen molar-refractivity contribution in [3.8, 4) is 0 Å². The van der Waals surface area contributed by atoms with Crippen molar-refractivity contribution >= 4 is 11.5 Å². The minimum Gasteiger partial charge on any atom is -0.365 e. The van der Waals surface area contributed by atoms with Gasteiger partial charge in [-0.15, -0.1) is 0 Å². The van der Waals surface area contributed by atoms with Crippen molar-refractivity contribution in [1.82, 2.24) is 14.6 Å². The third kappa shape index (κ3) is 1.74. The van der Waals surface area contributed by atoms with Crippen molar-refractivity contribution in [2.45, 2.75) is 11.8 Å². The van der Waals surface area contributed by atoms with Gasteiger partial charge in [0.2, 0.25) is 0 Å². The molecule has 0 N–H and O–H groups in total. The first-order chi connectivity index (χ1) is 8.95. The van der Waals surface area contributed by atoms with Crippen molar-refractivity contribution < 1.29 is 17.9 Å². The lowest BCUT2D eigenvalue weighted by Crippen LogP contribution is -2.70. The van der Waals surface area contributed by atoms with Crippen LogP contribution in [0.1, 0.15) is 0 Å². The van der Waals surface area contributed by atoms with Gasteiger partial charge in [0.15, 0.2) is 11.2 Å². The number of rotatable bonds is 2. The summed E-state index contributed by atoms with van der Waals surface area (Å²) < 4.78 is 44.8. The molecule has 1 aliphatic rings. The Labute approximate surface area is 106 Å². The molecule has 0 amide bonds. The molecular formula is C11H11F3N4O. The predicted molar refractivity (Wildman–Crippen MR) is 61.0 cm³/mol. The number of aromatic nitrogens is 3. The standard InChI is InChI=1S/C11H11F3N4O/c1-19-10(11(12,13)14)6-17(7-10)8-3-5-18-9(16-8)2-4-15-18/h2-5H,6-7H2,1H3. The van der Waals surface area contributed by atoms with Crippen LogP contribution in [-0.4, -0.2) is 46.6 Å². The lowest BCUT2D eigenvalue weighted by Gasteiger charge is -2.49. The number of alkyl halides is 3. The van der Waals surface area contributed by atoms with Crippen LogP contribution >= 0.6 is 0 Å². The smallest absolute Gasteiger partial charge is 0.365 e. The maximum atomic E-state index is 12.9. The van der Waals surface area contributed by atoms with Gasteiger partial charge in [-0.1, -0.05) is 0 Å². The molecule has 0 unspecified atom stereocenters. The molecule has 19 heavy (non-hydrogen) atoms. The molecule has 0 bridgehead atoms. The van der Waals surface area contributed by atoms with Crippen molar-refractivity contribution in [3.63, 3.8) is 0 Å². The van der Waals surface area contributed by atoms with E-state index in [4.69, 9.17) is 0 Å². The topological polar surface area (TPSA) is 42.7 Å². The molecule has 1 fully saturated rings. The maximum absolute atomic E-state index is 12.9. The van der Waals surface area contributed by atoms with E-state index < -0.39 is 11.8 Å². The summed E-state index contributed by atoms with van der Waals surface area (Å²) in [7, 11) is 1.08. The van der Waals surface area contributed by atoms with Crippen molar-refractivity contribution in [2.75, 3.05) is 25.1 Å². The highest BCUT2D eigenvalue weighted by molar-refractivity contribution is 5.50. The molecule has 0 radical (unpaired) electrons. The number of hydrogen-bond donors (Lipinski definition) is 0. The molecule has 3 rings (SSSR count). The van der Waals surface area contributed by atoms with E-state index in [9.17, 15) is 13.2 Å². The first-order valence-electron chi connectivity index (χ1n) is 5.62. The van der Waals surface area contributed by atoms with E-state index in [1.807, 2.05) is 0 Å². The van der Waals surface area contributed by atoms with E-state index >= 15 is 0 Å². The van der Waals surface area contributed by atoms with Crippen LogP contribution in [0.5, 0.6) is 0 Å². The molecular weight excluding hydrogens is 261 g/mol. The van der Waals surface area contributed by atoms with E-state index in [1.54, 1.807) is 29.0 Å². The minimum absolute atomic E-state index is 0.246. The van der Waals surface area contributed by atoms with Gasteiger partial charge in [0.25, 0.3) is 0 Å². The number of hydrogen-bond acceptors (Lipinski definition) is 4. The Morgan fingerprint density at radius 2 is 2.05 bits per heavy atom. The number of anilines is 1. The molecule has 0 atom stereocenters. The van der Waals surface area contributed by atoms with Gasteiger partial charge in [0.05, 0.1) is 19.3 Å². The zero-order valence-corrected chi connectivity index (χ0v) is 10.1. The summed E-state index contributed by atoms with van der Waals surface area (Å²) in [5.74, 6) is 0.491. The maximum Gasteiger partial charge on any atom is 0.420 e. The Morgan fingerprint density at radius 1 is 1.32 bits per heavy atom. The average molecular weight is 272 g/mol. The minimum atomic E-state index is -4.38. The van der Waals surface area contributed by atoms with Crippen LogP contribution in [0.4, 0.5) is 19.0 Å². The van der Waals surface area contributed by atoms with Crippen LogP contribution in [0, 0.1) is 0 Å². The van der Waals surface area contributed by atoms with E-state index in [0.717, 1.165) is 7.11 Å². The van der Waals surface area contributed by atoms with Crippen LogP contribution in [0.15, 0.2) is 24.5 Å². The highest BCUT2D eigenvalue weighted by Gasteiger charge is 2.63. The summed E-state index contributed by atoms with van der Waals surface area (Å²) in [6.07, 6.45) is -1.13. The monoisotopic (exact) mass is 272 g/mol. The number of halogens is 3. The number of fused-ring (bicyclic) bond motifs is 1. The molecule has 0 spiro atoms. The molecule has 0 aliphatic carbocycles. The second kappa shape index (κ2) is 3.83. The molecule has 2 aromatic heterocycles. The molecule has 8 heteroatoms. The van der Waals surface area contributed by atoms with Gasteiger partial charge in [-0.05, 0) is 6.07 Å². The number of ether oxygens (including phenoxy) is 1. The number of methoxy groups -OCH3 is 1. The van der Waals surface area contributed by atoms with Crippen molar-refractivity contribution in [1.29, 1.82) is 0 Å². The van der Waals surface area contributed by atoms with Gasteiger partial charge in [-0.2, -0.15) is 18.3 Å². The summed E-state index contributed by atoms with van der Waals surface area (Å²) in [6, 6.07) is 3.33. The summed E-state index contributed by atoms with van der Waals surface area (Å²) in [5, 5.41) is 3.98. The van der Waals surface area contributed by atoms with E-state index in [1.165, 1.54) is 4.90 Å². The third-order valence-electron chi connectivity index (χ3n) is 3.37. The van der Waals surface area contributed by atoms with Crippen molar-refractivity contribution in [2.24, 2.45) is 0 Å². The van der Waals surface area contributed by atoms with Gasteiger partial charge < -0.3 is 9.64 Å². The second-order valence-electron chi connectivity index (χ2n) is 4.47. The van der Waals surface area contributed by atoms with Crippen LogP contribution in [0.3, 0.4) is 0 Å². The first-order valence-corrected chi connectivity index (χ1v) is 5.62. The molecule has 1 saturated heterocycles. The fourth-order valence-corrected chi connectivity index (χ4v) is 2.14. The summed E-state index contributed by atoms with van der Waals surface area (Å²) in [6.45, 7) is -0.491. The second-order valence-corrected chi connectivity index (χ2v) is 4.47. The van der Waals surface area contributed by atoms with Crippen LogP contribution in [0.2, 0.25) is 0 Å². The molecule has 2 aromatic rings. The quantitative estimate of drug-likeness (QED) is 0.831. The molecule has 0 saturated carbocycles. The largest absolute Gasteiger partial charge is 0.420 e. The van der Waals surface area contributed by atoms with E-state index in [2.05, 4.69) is 14.8 Å². The Hall–Kier alpha value is -1.83. The highest BCUT2D eigenvalue weighted by atomic mass is 19.4. The van der Waals surface area contributed by atoms with Gasteiger partial charge in [0.1, 0.15) is 5.82 Å². The lowest BCUT2D eigenvalue weighted by molar-refractivity contribution is -0.277. The zero-order chi connectivity index (χ0) is 13.7. The summed E-state index contributed by atoms with van der Waals surface area (Å²) in [5.41, 5.74) is -1.49. The van der Waals surface area contributed by atoms with Crippen LogP contribution in [0.25, 0.3) is 5.65 Å². The normalized spacial score (nSPS) is 18.6. The van der Waals surface area contributed by atoms with Gasteiger partial charge >= 0.3 is 6.18 Å². The Bertz CT molecular complexity index is 603. The Balaban J connectivity index is 1.83. The van der Waals surface area contributed by atoms with E-state index in [-0.39, 0.29) is 13.1 Å². The highest BCUT2D eigenvalue weighted by Crippen LogP contribution is 2.41. The van der Waals surface area contributed by atoms with Crippen LogP contribution in [-0.2, 0) is 4.74 Å². The zero-order valence-electron chi connectivity index (χ0n) is 10.1. The molecule has 1 aliphatic heterocycles.